The molecule has 0 aliphatic rings. The van der Waals surface area contributed by atoms with E-state index in [1.807, 2.05) is 72.8 Å². The van der Waals surface area contributed by atoms with Gasteiger partial charge < -0.3 is 27.5 Å². The second-order valence-electron chi connectivity index (χ2n) is 26.0. The van der Waals surface area contributed by atoms with E-state index in [9.17, 15) is 0 Å². The smallest absolute Gasteiger partial charge is 0.227 e. The van der Waals surface area contributed by atoms with Crippen molar-refractivity contribution in [2.45, 2.75) is 0 Å². The number of hydrogen-bond donors (Lipinski definition) is 0. The molecular weight excluding hydrogens is 1250 g/mol. The lowest BCUT2D eigenvalue weighted by atomic mass is 9.95. The molecule has 0 N–H and O–H groups in total. The normalized spacial score (nSPS) is 11.7. The Bertz CT molecular complexity index is 6610. The summed E-state index contributed by atoms with van der Waals surface area (Å²) >= 11 is 0. The molecule has 20 aromatic rings. The molecule has 0 bridgehead atoms. The third-order valence-electron chi connectivity index (χ3n) is 19.9. The Hall–Kier alpha value is -13.8. The van der Waals surface area contributed by atoms with Crippen LogP contribution in [0.1, 0.15) is 0 Å². The highest BCUT2D eigenvalue weighted by atomic mass is 16.4. The van der Waals surface area contributed by atoms with Crippen molar-refractivity contribution in [2.75, 3.05) is 9.80 Å². The van der Waals surface area contributed by atoms with Gasteiger partial charge in [0.25, 0.3) is 0 Å². The van der Waals surface area contributed by atoms with E-state index >= 15 is 0 Å². The highest BCUT2D eigenvalue weighted by Crippen LogP contribution is 2.49. The summed E-state index contributed by atoms with van der Waals surface area (Å²) in [5, 5.41) is 8.34. The van der Waals surface area contributed by atoms with E-state index in [2.05, 4.69) is 289 Å². The van der Waals surface area contributed by atoms with Gasteiger partial charge in [-0.15, -0.1) is 0 Å². The molecule has 16 aromatic carbocycles. The first-order valence-electron chi connectivity index (χ1n) is 34.3. The van der Waals surface area contributed by atoms with Crippen molar-refractivity contribution in [3.63, 3.8) is 0 Å². The molecule has 478 valence electrons. The summed E-state index contributed by atoms with van der Waals surface area (Å²) in [5.41, 5.74) is 24.3. The standard InChI is InChI=1S/C94H58N4O4/c1-4-18-59(19-5-1)62-40-44-71(45-41-62)97(73-29-16-28-69(55-73)70-39-36-60-20-10-11-26-68(60)54-70)74-48-52-86-81(56-74)89-90(100-86)79(58-83-92(89)102-94(96-83)67-24-8-3-9-25-67)65-37-34-61(35-38-65)63-42-46-72(47-43-63)98(84-33-15-14-31-78(84)77-32-17-27-64-21-12-13-30-76(64)77)75-49-51-85-80(57-75)88-87(99-85)53-50-82-91(88)101-93(95-82)66-22-6-2-7-23-66/h1-58H. The fourth-order valence-corrected chi connectivity index (χ4v) is 15.0. The van der Waals surface area contributed by atoms with Crippen molar-refractivity contribution in [1.82, 2.24) is 9.97 Å². The van der Waals surface area contributed by atoms with Crippen LogP contribution in [-0.2, 0) is 0 Å². The molecule has 0 fully saturated rings. The third-order valence-corrected chi connectivity index (χ3v) is 19.9. The van der Waals surface area contributed by atoms with Gasteiger partial charge >= 0.3 is 0 Å². The Balaban J connectivity index is 0.697. The Labute approximate surface area is 586 Å². The number of hydrogen-bond acceptors (Lipinski definition) is 8. The van der Waals surface area contributed by atoms with Crippen molar-refractivity contribution in [1.29, 1.82) is 0 Å². The van der Waals surface area contributed by atoms with Crippen LogP contribution in [0.4, 0.5) is 34.1 Å². The van der Waals surface area contributed by atoms with E-state index in [1.54, 1.807) is 0 Å². The molecule has 8 heteroatoms. The number of rotatable bonds is 13. The number of anilines is 6. The molecule has 8 nitrogen and oxygen atoms in total. The zero-order valence-corrected chi connectivity index (χ0v) is 54.9. The van der Waals surface area contributed by atoms with Crippen molar-refractivity contribution >= 4 is 122 Å². The van der Waals surface area contributed by atoms with Gasteiger partial charge in [0.2, 0.25) is 11.8 Å². The average Bonchev–Trinajstić information content (AvgIpc) is 1.64. The average molecular weight is 1310 g/mol. The summed E-state index contributed by atoms with van der Waals surface area (Å²) in [6.07, 6.45) is 0. The van der Waals surface area contributed by atoms with Crippen LogP contribution >= 0.6 is 0 Å². The van der Waals surface area contributed by atoms with Crippen LogP contribution in [0.5, 0.6) is 0 Å². The first-order valence-corrected chi connectivity index (χ1v) is 34.3. The molecule has 0 radical (unpaired) electrons. The predicted molar refractivity (Wildman–Crippen MR) is 419 cm³/mol. The number of oxazole rings is 2. The molecule has 0 aliphatic carbocycles. The lowest BCUT2D eigenvalue weighted by Crippen LogP contribution is -2.11. The zero-order chi connectivity index (χ0) is 67.2. The van der Waals surface area contributed by atoms with Gasteiger partial charge in [-0.3, -0.25) is 0 Å². The van der Waals surface area contributed by atoms with Gasteiger partial charge in [0.15, 0.2) is 11.2 Å². The molecule has 0 unspecified atom stereocenters. The van der Waals surface area contributed by atoms with E-state index in [0.717, 1.165) is 150 Å². The minimum atomic E-state index is 0.538. The van der Waals surface area contributed by atoms with Gasteiger partial charge in [-0.1, -0.05) is 224 Å². The van der Waals surface area contributed by atoms with Crippen LogP contribution < -0.4 is 9.80 Å². The van der Waals surface area contributed by atoms with Crippen molar-refractivity contribution in [3.05, 3.63) is 352 Å². The van der Waals surface area contributed by atoms with Crippen LogP contribution in [0.3, 0.4) is 0 Å². The molecule has 102 heavy (non-hydrogen) atoms. The highest BCUT2D eigenvalue weighted by Gasteiger charge is 2.26. The van der Waals surface area contributed by atoms with E-state index < -0.39 is 0 Å². The predicted octanol–water partition coefficient (Wildman–Crippen LogP) is 26.7. The Morgan fingerprint density at radius 1 is 0.216 bits per heavy atom. The maximum Gasteiger partial charge on any atom is 0.227 e. The molecular formula is C94H58N4O4. The van der Waals surface area contributed by atoms with Crippen LogP contribution in [0, 0.1) is 0 Å². The summed E-state index contributed by atoms with van der Waals surface area (Å²) in [5.74, 6) is 1.10. The van der Waals surface area contributed by atoms with Crippen LogP contribution in [-0.4, -0.2) is 9.97 Å². The molecule has 0 spiro atoms. The number of benzene rings is 16. The van der Waals surface area contributed by atoms with Crippen molar-refractivity contribution in [3.8, 4) is 78.5 Å². The lowest BCUT2D eigenvalue weighted by Gasteiger charge is -2.28. The van der Waals surface area contributed by atoms with Gasteiger partial charge in [0.1, 0.15) is 33.4 Å². The summed E-state index contributed by atoms with van der Waals surface area (Å²) in [6.45, 7) is 0. The summed E-state index contributed by atoms with van der Waals surface area (Å²) in [7, 11) is 0. The molecule has 0 atom stereocenters. The highest BCUT2D eigenvalue weighted by molar-refractivity contribution is 6.21. The monoisotopic (exact) mass is 1310 g/mol. The number of aromatic nitrogens is 2. The summed E-state index contributed by atoms with van der Waals surface area (Å²) in [4.78, 5) is 14.9. The van der Waals surface area contributed by atoms with Crippen molar-refractivity contribution in [2.24, 2.45) is 0 Å². The SMILES string of the molecule is c1ccc(-c2ccc(N(c3cccc(-c4ccc5ccccc5c4)c3)c3ccc4oc5c(-c6ccc(-c7ccc(N(c8ccc9oc%10ccc%11nc(-c%12ccccc%12)oc%11c%10c9c8)c8ccccc8-c8cccc9ccccc89)cc7)cc6)cc6nc(-c7ccccc7)oc6c5c4c3)cc2)cc1. The number of nitrogens with zero attached hydrogens (tertiary/aromatic N) is 4. The number of furan rings is 2. The third kappa shape index (κ3) is 10.1. The van der Waals surface area contributed by atoms with Gasteiger partial charge in [-0.25, -0.2) is 9.97 Å². The summed E-state index contributed by atoms with van der Waals surface area (Å²) in [6, 6.07) is 124. The van der Waals surface area contributed by atoms with Gasteiger partial charge in [0, 0.05) is 61.5 Å². The fourth-order valence-electron chi connectivity index (χ4n) is 15.0. The molecule has 4 aromatic heterocycles. The van der Waals surface area contributed by atoms with Gasteiger partial charge in [-0.2, -0.15) is 0 Å². The first kappa shape index (κ1) is 58.3. The number of fused-ring (bicyclic) bond motifs is 12. The fraction of sp³-hybridized carbons (Fsp3) is 0. The topological polar surface area (TPSA) is 84.8 Å². The maximum absolute atomic E-state index is 7.12. The number of para-hydroxylation sites is 1. The second kappa shape index (κ2) is 24.0. The van der Waals surface area contributed by atoms with Gasteiger partial charge in [-0.05, 0) is 193 Å². The first-order chi connectivity index (χ1) is 50.5. The van der Waals surface area contributed by atoms with E-state index in [1.165, 1.54) is 21.5 Å². The van der Waals surface area contributed by atoms with E-state index in [4.69, 9.17) is 27.6 Å². The Kier molecular flexibility index (Phi) is 13.7. The quantitative estimate of drug-likeness (QED) is 0.113. The van der Waals surface area contributed by atoms with Crippen LogP contribution in [0.25, 0.3) is 166 Å². The molecule has 0 amide bonds. The van der Waals surface area contributed by atoms with E-state index in [0.29, 0.717) is 28.5 Å². The van der Waals surface area contributed by atoms with Crippen molar-refractivity contribution < 1.29 is 17.7 Å². The molecule has 0 saturated carbocycles. The summed E-state index contributed by atoms with van der Waals surface area (Å²) < 4.78 is 27.3. The second-order valence-corrected chi connectivity index (χ2v) is 26.0. The minimum absolute atomic E-state index is 0.538. The molecule has 4 heterocycles. The van der Waals surface area contributed by atoms with Crippen LogP contribution in [0.2, 0.25) is 0 Å². The molecule has 0 aliphatic heterocycles. The molecule has 0 saturated heterocycles. The minimum Gasteiger partial charge on any atom is -0.456 e. The largest absolute Gasteiger partial charge is 0.456 e. The maximum atomic E-state index is 7.12. The van der Waals surface area contributed by atoms with E-state index in [-0.39, 0.29) is 0 Å². The Morgan fingerprint density at radius 3 is 1.40 bits per heavy atom. The molecule has 20 rings (SSSR count). The van der Waals surface area contributed by atoms with Crippen LogP contribution in [0.15, 0.2) is 370 Å². The van der Waals surface area contributed by atoms with Gasteiger partial charge in [0.05, 0.1) is 16.5 Å². The Morgan fingerprint density at radius 2 is 0.686 bits per heavy atom. The zero-order valence-electron chi connectivity index (χ0n) is 54.9. The lowest BCUT2D eigenvalue weighted by molar-refractivity contribution is 0.621.